The highest BCUT2D eigenvalue weighted by Gasteiger charge is 2.37. The number of para-hydroxylation sites is 1. The molecule has 0 saturated heterocycles. The molecule has 0 heterocycles. The molecule has 0 radical (unpaired) electrons. The van der Waals surface area contributed by atoms with Gasteiger partial charge in [0.15, 0.2) is 0 Å². The Hall–Kier alpha value is -1.88. The zero-order chi connectivity index (χ0) is 16.0. The Balaban J connectivity index is 2.90. The fourth-order valence-electron chi connectivity index (χ4n) is 2.35. The molecule has 0 aliphatic heterocycles. The van der Waals surface area contributed by atoms with Crippen LogP contribution >= 0.6 is 0 Å². The minimum Gasteiger partial charge on any atom is -0.481 e. The Morgan fingerprint density at radius 3 is 2.29 bits per heavy atom. The van der Waals surface area contributed by atoms with Gasteiger partial charge in [0.2, 0.25) is 5.91 Å². The first-order valence-corrected chi connectivity index (χ1v) is 7.16. The average molecular weight is 293 g/mol. The van der Waals surface area contributed by atoms with E-state index >= 15 is 0 Å². The summed E-state index contributed by atoms with van der Waals surface area (Å²) in [6.45, 7) is 5.16. The van der Waals surface area contributed by atoms with Crippen molar-refractivity contribution in [3.05, 3.63) is 29.8 Å². The van der Waals surface area contributed by atoms with Crippen LogP contribution in [0.4, 0.5) is 5.69 Å². The van der Waals surface area contributed by atoms with E-state index in [2.05, 4.69) is 5.32 Å². The van der Waals surface area contributed by atoms with Crippen molar-refractivity contribution in [1.29, 1.82) is 0 Å². The highest BCUT2D eigenvalue weighted by molar-refractivity contribution is 5.94. The third kappa shape index (κ3) is 4.04. The van der Waals surface area contributed by atoms with Crippen LogP contribution in [-0.2, 0) is 9.59 Å². The van der Waals surface area contributed by atoms with Gasteiger partial charge in [-0.05, 0) is 25.8 Å². The first-order valence-electron chi connectivity index (χ1n) is 7.16. The molecule has 116 valence electrons. The van der Waals surface area contributed by atoms with Crippen LogP contribution in [0.1, 0.15) is 51.7 Å². The lowest BCUT2D eigenvalue weighted by molar-refractivity contribution is -0.151. The number of anilines is 1. The summed E-state index contributed by atoms with van der Waals surface area (Å²) < 4.78 is 0. The van der Waals surface area contributed by atoms with Crippen LogP contribution in [0.2, 0.25) is 0 Å². The normalized spacial score (nSPS) is 12.8. The van der Waals surface area contributed by atoms with E-state index < -0.39 is 17.5 Å². The minimum atomic E-state index is -1.04. The van der Waals surface area contributed by atoms with Crippen LogP contribution in [0.3, 0.4) is 0 Å². The second kappa shape index (κ2) is 7.22. The second-order valence-electron chi connectivity index (χ2n) is 5.28. The van der Waals surface area contributed by atoms with Crippen molar-refractivity contribution in [2.45, 2.75) is 46.1 Å². The summed E-state index contributed by atoms with van der Waals surface area (Å²) in [6.07, 6.45) is 0.000951. The Morgan fingerprint density at radius 1 is 1.24 bits per heavy atom. The number of carbonyl (C=O) groups is 2. The number of carboxylic acid groups (broad SMARTS) is 1. The van der Waals surface area contributed by atoms with Gasteiger partial charge in [-0.2, -0.15) is 0 Å². The molecule has 0 bridgehead atoms. The molecule has 0 aliphatic carbocycles. The zero-order valence-electron chi connectivity index (χ0n) is 12.7. The van der Waals surface area contributed by atoms with Crippen LogP contribution in [-0.4, -0.2) is 22.1 Å². The quantitative estimate of drug-likeness (QED) is 0.721. The fourth-order valence-corrected chi connectivity index (χ4v) is 2.35. The van der Waals surface area contributed by atoms with Gasteiger partial charge in [0, 0.05) is 17.7 Å². The number of aliphatic hydroxyl groups is 1. The average Bonchev–Trinajstić information content (AvgIpc) is 2.44. The molecule has 0 aliphatic rings. The molecule has 0 aromatic heterocycles. The number of amides is 1. The maximum Gasteiger partial charge on any atom is 0.310 e. The summed E-state index contributed by atoms with van der Waals surface area (Å²) in [6, 6.07) is 6.95. The molecule has 1 atom stereocenters. The monoisotopic (exact) mass is 293 g/mol. The van der Waals surface area contributed by atoms with E-state index in [0.717, 1.165) is 0 Å². The molecule has 0 spiro atoms. The van der Waals surface area contributed by atoms with Gasteiger partial charge in [-0.3, -0.25) is 9.59 Å². The predicted molar refractivity (Wildman–Crippen MR) is 81.0 cm³/mol. The highest BCUT2D eigenvalue weighted by atomic mass is 16.4. The SMILES string of the molecule is CCC(CC)(CC(=O)Nc1ccccc1C(C)O)C(=O)O. The lowest BCUT2D eigenvalue weighted by Crippen LogP contribution is -2.34. The molecular weight excluding hydrogens is 270 g/mol. The van der Waals surface area contributed by atoms with Gasteiger partial charge in [0.1, 0.15) is 0 Å². The van der Waals surface area contributed by atoms with Crippen molar-refractivity contribution in [3.8, 4) is 0 Å². The number of carboxylic acids is 1. The maximum atomic E-state index is 12.2. The summed E-state index contributed by atoms with van der Waals surface area (Å²) >= 11 is 0. The first-order chi connectivity index (χ1) is 9.86. The summed E-state index contributed by atoms with van der Waals surface area (Å²) in [5.74, 6) is -1.30. The molecule has 1 unspecified atom stereocenters. The van der Waals surface area contributed by atoms with Crippen LogP contribution in [0.5, 0.6) is 0 Å². The van der Waals surface area contributed by atoms with E-state index in [1.165, 1.54) is 0 Å². The summed E-state index contributed by atoms with van der Waals surface area (Å²) in [5.41, 5.74) is 0.0906. The van der Waals surface area contributed by atoms with E-state index in [-0.39, 0.29) is 12.3 Å². The highest BCUT2D eigenvalue weighted by Crippen LogP contribution is 2.32. The van der Waals surface area contributed by atoms with Crippen molar-refractivity contribution in [3.63, 3.8) is 0 Å². The first kappa shape index (κ1) is 17.2. The number of aliphatic carboxylic acids is 1. The van der Waals surface area contributed by atoms with E-state index in [0.29, 0.717) is 24.1 Å². The van der Waals surface area contributed by atoms with Crippen LogP contribution in [0.25, 0.3) is 0 Å². The van der Waals surface area contributed by atoms with E-state index in [4.69, 9.17) is 0 Å². The summed E-state index contributed by atoms with van der Waals surface area (Å²) in [7, 11) is 0. The Kier molecular flexibility index (Phi) is 5.90. The van der Waals surface area contributed by atoms with Gasteiger partial charge in [0.25, 0.3) is 0 Å². The number of rotatable bonds is 7. The van der Waals surface area contributed by atoms with Crippen molar-refractivity contribution in [2.24, 2.45) is 5.41 Å². The van der Waals surface area contributed by atoms with E-state index in [1.807, 2.05) is 0 Å². The second-order valence-corrected chi connectivity index (χ2v) is 5.28. The fraction of sp³-hybridized carbons (Fsp3) is 0.500. The third-order valence-electron chi connectivity index (χ3n) is 3.99. The van der Waals surface area contributed by atoms with Gasteiger partial charge in [-0.15, -0.1) is 0 Å². The third-order valence-corrected chi connectivity index (χ3v) is 3.99. The Labute approximate surface area is 125 Å². The molecule has 3 N–H and O–H groups in total. The maximum absolute atomic E-state index is 12.2. The van der Waals surface area contributed by atoms with Crippen LogP contribution < -0.4 is 5.32 Å². The van der Waals surface area contributed by atoms with Crippen LogP contribution in [0, 0.1) is 5.41 Å². The zero-order valence-corrected chi connectivity index (χ0v) is 12.7. The molecule has 1 rings (SSSR count). The van der Waals surface area contributed by atoms with Gasteiger partial charge in [0.05, 0.1) is 11.5 Å². The largest absolute Gasteiger partial charge is 0.481 e. The van der Waals surface area contributed by atoms with Crippen molar-refractivity contribution in [2.75, 3.05) is 5.32 Å². The Morgan fingerprint density at radius 2 is 1.81 bits per heavy atom. The van der Waals surface area contributed by atoms with E-state index in [1.54, 1.807) is 45.0 Å². The van der Waals surface area contributed by atoms with Crippen LogP contribution in [0.15, 0.2) is 24.3 Å². The van der Waals surface area contributed by atoms with Gasteiger partial charge >= 0.3 is 5.97 Å². The molecule has 0 saturated carbocycles. The number of aliphatic hydroxyl groups excluding tert-OH is 1. The van der Waals surface area contributed by atoms with Crippen molar-refractivity contribution < 1.29 is 19.8 Å². The number of hydrogen-bond acceptors (Lipinski definition) is 3. The molecule has 0 fully saturated rings. The standard InChI is InChI=1S/C16H23NO4/c1-4-16(5-2,15(20)21)10-14(19)17-13-9-7-6-8-12(13)11(3)18/h6-9,11,18H,4-5,10H2,1-3H3,(H,17,19)(H,20,21). The topological polar surface area (TPSA) is 86.6 Å². The molecular formula is C16H23NO4. The minimum absolute atomic E-state index is 0.0799. The number of nitrogens with one attached hydrogen (secondary N) is 1. The Bertz CT molecular complexity index is 507. The molecule has 5 heteroatoms. The lowest BCUT2D eigenvalue weighted by Gasteiger charge is -2.26. The summed E-state index contributed by atoms with van der Waals surface area (Å²) in [4.78, 5) is 23.6. The number of carbonyl (C=O) groups excluding carboxylic acids is 1. The molecule has 1 aromatic rings. The van der Waals surface area contributed by atoms with Gasteiger partial charge in [-0.1, -0.05) is 32.0 Å². The molecule has 21 heavy (non-hydrogen) atoms. The smallest absolute Gasteiger partial charge is 0.310 e. The van der Waals surface area contributed by atoms with Crippen molar-refractivity contribution >= 4 is 17.6 Å². The molecule has 5 nitrogen and oxygen atoms in total. The van der Waals surface area contributed by atoms with Gasteiger partial charge in [-0.25, -0.2) is 0 Å². The number of hydrogen-bond donors (Lipinski definition) is 3. The molecule has 1 aromatic carbocycles. The lowest BCUT2D eigenvalue weighted by atomic mass is 9.79. The van der Waals surface area contributed by atoms with Crippen molar-refractivity contribution in [1.82, 2.24) is 0 Å². The van der Waals surface area contributed by atoms with E-state index in [9.17, 15) is 19.8 Å². The number of benzene rings is 1. The summed E-state index contributed by atoms with van der Waals surface area (Å²) in [5, 5.41) is 21.8. The predicted octanol–water partition coefficient (Wildman–Crippen LogP) is 2.96. The molecule has 1 amide bonds. The van der Waals surface area contributed by atoms with Gasteiger partial charge < -0.3 is 15.5 Å².